The van der Waals surface area contributed by atoms with Crippen molar-refractivity contribution < 1.29 is 17.9 Å². The summed E-state index contributed by atoms with van der Waals surface area (Å²) in [5.74, 6) is 0.510. The van der Waals surface area contributed by atoms with E-state index in [1.165, 1.54) is 15.5 Å². The largest absolute Gasteiger partial charge is 0.447 e. The van der Waals surface area contributed by atoms with Crippen LogP contribution >= 0.6 is 0 Å². The van der Waals surface area contributed by atoms with Gasteiger partial charge < -0.3 is 4.74 Å². The van der Waals surface area contributed by atoms with Crippen LogP contribution in [0.1, 0.15) is 24.6 Å². The first-order valence-corrected chi connectivity index (χ1v) is 8.70. The molecule has 21 heavy (non-hydrogen) atoms. The average Bonchev–Trinajstić information content (AvgIpc) is 3.06. The minimum absolute atomic E-state index is 0.251. The van der Waals surface area contributed by atoms with E-state index >= 15 is 0 Å². The fraction of sp³-hybridized carbons (Fsp3) is 0.538. The Hall–Kier alpha value is -1.67. The van der Waals surface area contributed by atoms with E-state index in [2.05, 4.69) is 4.98 Å². The van der Waals surface area contributed by atoms with Gasteiger partial charge in [-0.1, -0.05) is 6.07 Å². The number of anilines is 1. The monoisotopic (exact) mass is 311 g/mol. The van der Waals surface area contributed by atoms with Gasteiger partial charge in [-0.15, -0.1) is 0 Å². The molecule has 3 rings (SSSR count). The molecule has 3 heterocycles. The lowest BCUT2D eigenvalue weighted by Gasteiger charge is -2.22. The first kappa shape index (κ1) is 14.3. The number of nitrogens with zero attached hydrogens (tertiary/aromatic N) is 3. The van der Waals surface area contributed by atoms with Gasteiger partial charge in [0.1, 0.15) is 12.4 Å². The van der Waals surface area contributed by atoms with E-state index in [0.29, 0.717) is 31.2 Å². The minimum atomic E-state index is -3.25. The molecule has 2 saturated heterocycles. The van der Waals surface area contributed by atoms with Crippen LogP contribution in [0.4, 0.5) is 10.6 Å². The Labute approximate surface area is 123 Å². The van der Waals surface area contributed by atoms with Crippen LogP contribution in [0.5, 0.6) is 0 Å². The van der Waals surface area contributed by atoms with E-state index in [4.69, 9.17) is 4.74 Å². The molecule has 0 radical (unpaired) electrons. The van der Waals surface area contributed by atoms with Gasteiger partial charge in [0.15, 0.2) is 0 Å². The van der Waals surface area contributed by atoms with E-state index in [-0.39, 0.29) is 6.04 Å². The zero-order valence-electron chi connectivity index (χ0n) is 11.7. The van der Waals surface area contributed by atoms with Gasteiger partial charge in [-0.05, 0) is 25.0 Å². The van der Waals surface area contributed by atoms with Gasteiger partial charge in [-0.3, -0.25) is 4.90 Å². The second-order valence-electron chi connectivity index (χ2n) is 5.22. The van der Waals surface area contributed by atoms with Crippen LogP contribution in [0.25, 0.3) is 0 Å². The standard InChI is InChI=1S/C13H17N3O4S/c1-21(18,19)16-7-3-5-11(16)10-4-2-6-12(14-10)15-8-9-20-13(15)17/h2,4,6,11H,3,5,7-9H2,1H3. The third kappa shape index (κ3) is 2.73. The highest BCUT2D eigenvalue weighted by molar-refractivity contribution is 7.88. The van der Waals surface area contributed by atoms with Crippen molar-refractivity contribution in [3.63, 3.8) is 0 Å². The zero-order chi connectivity index (χ0) is 15.0. The molecule has 7 nitrogen and oxygen atoms in total. The Morgan fingerprint density at radius 1 is 1.33 bits per heavy atom. The summed E-state index contributed by atoms with van der Waals surface area (Å²) in [5.41, 5.74) is 0.676. The number of sulfonamides is 1. The van der Waals surface area contributed by atoms with E-state index in [9.17, 15) is 13.2 Å². The molecule has 2 fully saturated rings. The number of ether oxygens (including phenoxy) is 1. The molecule has 114 valence electrons. The van der Waals surface area contributed by atoms with Gasteiger partial charge in [-0.25, -0.2) is 18.2 Å². The Kier molecular flexibility index (Phi) is 3.58. The van der Waals surface area contributed by atoms with E-state index in [1.54, 1.807) is 18.2 Å². The molecule has 1 aromatic heterocycles. The normalized spacial score (nSPS) is 23.6. The molecule has 0 bridgehead atoms. The molecule has 1 unspecified atom stereocenters. The topological polar surface area (TPSA) is 79.8 Å². The molecule has 1 aromatic rings. The number of hydrogen-bond acceptors (Lipinski definition) is 5. The summed E-state index contributed by atoms with van der Waals surface area (Å²) in [6, 6.07) is 5.08. The molecule has 1 atom stereocenters. The Balaban J connectivity index is 1.91. The molecule has 8 heteroatoms. The van der Waals surface area contributed by atoms with Crippen molar-refractivity contribution in [2.75, 3.05) is 30.9 Å². The number of hydrogen-bond donors (Lipinski definition) is 0. The average molecular weight is 311 g/mol. The lowest BCUT2D eigenvalue weighted by molar-refractivity contribution is 0.181. The number of carbonyl (C=O) groups is 1. The van der Waals surface area contributed by atoms with Crippen molar-refractivity contribution in [2.24, 2.45) is 0 Å². The third-order valence-corrected chi connectivity index (χ3v) is 5.05. The number of carbonyl (C=O) groups excluding carboxylic acids is 1. The van der Waals surface area contributed by atoms with Gasteiger partial charge in [-0.2, -0.15) is 4.31 Å². The molecular weight excluding hydrogens is 294 g/mol. The van der Waals surface area contributed by atoms with Crippen molar-refractivity contribution in [1.29, 1.82) is 0 Å². The molecule has 2 aliphatic heterocycles. The van der Waals surface area contributed by atoms with Crippen LogP contribution in [-0.2, 0) is 14.8 Å². The molecule has 0 aromatic carbocycles. The molecular formula is C13H17N3O4S. The predicted molar refractivity (Wildman–Crippen MR) is 76.5 cm³/mol. The summed E-state index contributed by atoms with van der Waals surface area (Å²) in [7, 11) is -3.25. The van der Waals surface area contributed by atoms with Crippen molar-refractivity contribution >= 4 is 21.9 Å². The van der Waals surface area contributed by atoms with Crippen LogP contribution in [-0.4, -0.2) is 49.8 Å². The molecule has 0 spiro atoms. The number of pyridine rings is 1. The van der Waals surface area contributed by atoms with Crippen molar-refractivity contribution in [3.05, 3.63) is 23.9 Å². The number of amides is 1. The van der Waals surface area contributed by atoms with E-state index in [1.807, 2.05) is 0 Å². The maximum atomic E-state index is 11.8. The number of aromatic nitrogens is 1. The number of cyclic esters (lactones) is 1. The lowest BCUT2D eigenvalue weighted by Crippen LogP contribution is -2.30. The number of rotatable bonds is 3. The highest BCUT2D eigenvalue weighted by atomic mass is 32.2. The Morgan fingerprint density at radius 2 is 2.14 bits per heavy atom. The lowest BCUT2D eigenvalue weighted by atomic mass is 10.1. The van der Waals surface area contributed by atoms with Crippen molar-refractivity contribution in [3.8, 4) is 0 Å². The van der Waals surface area contributed by atoms with Crippen LogP contribution in [0.3, 0.4) is 0 Å². The maximum absolute atomic E-state index is 11.8. The summed E-state index contributed by atoms with van der Waals surface area (Å²) in [6.07, 6.45) is 2.36. The van der Waals surface area contributed by atoms with Gasteiger partial charge in [0.05, 0.1) is 24.5 Å². The minimum Gasteiger partial charge on any atom is -0.447 e. The molecule has 2 aliphatic rings. The van der Waals surface area contributed by atoms with Crippen LogP contribution in [0.2, 0.25) is 0 Å². The smallest absolute Gasteiger partial charge is 0.415 e. The molecule has 1 amide bonds. The van der Waals surface area contributed by atoms with Crippen LogP contribution in [0, 0.1) is 0 Å². The van der Waals surface area contributed by atoms with E-state index < -0.39 is 16.1 Å². The Bertz CT molecular complexity index is 661. The van der Waals surface area contributed by atoms with Crippen LogP contribution in [0.15, 0.2) is 18.2 Å². The summed E-state index contributed by atoms with van der Waals surface area (Å²) < 4.78 is 30.0. The van der Waals surface area contributed by atoms with Crippen LogP contribution < -0.4 is 4.90 Å². The van der Waals surface area contributed by atoms with Gasteiger partial charge in [0.2, 0.25) is 10.0 Å². The fourth-order valence-electron chi connectivity index (χ4n) is 2.81. The summed E-state index contributed by atoms with van der Waals surface area (Å²) >= 11 is 0. The van der Waals surface area contributed by atoms with Gasteiger partial charge in [0, 0.05) is 6.54 Å². The van der Waals surface area contributed by atoms with E-state index in [0.717, 1.165) is 12.8 Å². The summed E-state index contributed by atoms with van der Waals surface area (Å²) in [6.45, 7) is 1.33. The third-order valence-electron chi connectivity index (χ3n) is 3.76. The maximum Gasteiger partial charge on any atom is 0.415 e. The second kappa shape index (κ2) is 5.27. The van der Waals surface area contributed by atoms with Gasteiger partial charge >= 0.3 is 6.09 Å². The highest BCUT2D eigenvalue weighted by Crippen LogP contribution is 2.33. The highest BCUT2D eigenvalue weighted by Gasteiger charge is 2.34. The molecule has 0 aliphatic carbocycles. The van der Waals surface area contributed by atoms with Crippen molar-refractivity contribution in [2.45, 2.75) is 18.9 Å². The zero-order valence-corrected chi connectivity index (χ0v) is 12.5. The first-order valence-electron chi connectivity index (χ1n) is 6.85. The van der Waals surface area contributed by atoms with Gasteiger partial charge in [0.25, 0.3) is 0 Å². The molecule has 0 N–H and O–H groups in total. The first-order chi connectivity index (χ1) is 9.97. The Morgan fingerprint density at radius 3 is 2.81 bits per heavy atom. The van der Waals surface area contributed by atoms with Crippen molar-refractivity contribution in [1.82, 2.24) is 9.29 Å². The predicted octanol–water partition coefficient (Wildman–Crippen LogP) is 1.13. The quantitative estimate of drug-likeness (QED) is 0.836. The fourth-order valence-corrected chi connectivity index (χ4v) is 3.95. The second-order valence-corrected chi connectivity index (χ2v) is 7.15. The summed E-state index contributed by atoms with van der Waals surface area (Å²) in [5, 5.41) is 0. The SMILES string of the molecule is CS(=O)(=O)N1CCCC1c1cccc(N2CCOC2=O)n1. The summed E-state index contributed by atoms with van der Waals surface area (Å²) in [4.78, 5) is 17.5. The molecule has 0 saturated carbocycles.